The average molecular weight is 252 g/mol. The van der Waals surface area contributed by atoms with Crippen molar-refractivity contribution in [1.29, 1.82) is 0 Å². The third-order valence-electron chi connectivity index (χ3n) is 2.71. The third-order valence-corrected chi connectivity index (χ3v) is 3.60. The molecule has 92 valence electrons. The molecule has 0 amide bonds. The van der Waals surface area contributed by atoms with Crippen LogP contribution in [0.1, 0.15) is 37.6 Å². The second kappa shape index (κ2) is 4.87. The predicted octanol–water partition coefficient (Wildman–Crippen LogP) is 2.62. The van der Waals surface area contributed by atoms with Crippen molar-refractivity contribution < 1.29 is 9.53 Å². The van der Waals surface area contributed by atoms with E-state index in [-0.39, 0.29) is 5.97 Å². The van der Waals surface area contributed by atoms with Crippen molar-refractivity contribution in [2.24, 2.45) is 0 Å². The van der Waals surface area contributed by atoms with E-state index in [1.165, 1.54) is 7.11 Å². The van der Waals surface area contributed by atoms with Crippen LogP contribution in [0.15, 0.2) is 11.6 Å². The van der Waals surface area contributed by atoms with Gasteiger partial charge in [-0.15, -0.1) is 11.3 Å². The Labute approximate surface area is 104 Å². The summed E-state index contributed by atoms with van der Waals surface area (Å²) >= 11 is 1.61. The monoisotopic (exact) mass is 252 g/mol. The molecule has 4 nitrogen and oxygen atoms in total. The molecule has 2 aromatic heterocycles. The fourth-order valence-electron chi connectivity index (χ4n) is 1.64. The van der Waals surface area contributed by atoms with Gasteiger partial charge < -0.3 is 4.74 Å². The van der Waals surface area contributed by atoms with Gasteiger partial charge in [0.05, 0.1) is 19.2 Å². The SMILES string of the molecule is COC(=O)CCc1csc2nc(C(C)C)cn12. The van der Waals surface area contributed by atoms with Crippen LogP contribution in [-0.2, 0) is 16.0 Å². The van der Waals surface area contributed by atoms with Crippen molar-refractivity contribution >= 4 is 22.3 Å². The maximum atomic E-state index is 11.1. The van der Waals surface area contributed by atoms with Gasteiger partial charge in [-0.05, 0) is 12.3 Å². The topological polar surface area (TPSA) is 43.6 Å². The van der Waals surface area contributed by atoms with Crippen molar-refractivity contribution in [2.45, 2.75) is 32.6 Å². The number of ether oxygens (including phenoxy) is 1. The first-order valence-corrected chi connectivity index (χ1v) is 6.52. The van der Waals surface area contributed by atoms with Crippen molar-refractivity contribution in [3.05, 3.63) is 23.0 Å². The lowest BCUT2D eigenvalue weighted by Gasteiger charge is -1.99. The molecule has 2 rings (SSSR count). The van der Waals surface area contributed by atoms with Gasteiger partial charge >= 0.3 is 5.97 Å². The molecule has 17 heavy (non-hydrogen) atoms. The van der Waals surface area contributed by atoms with Crippen LogP contribution in [0.4, 0.5) is 0 Å². The van der Waals surface area contributed by atoms with Crippen molar-refractivity contribution in [1.82, 2.24) is 9.38 Å². The maximum Gasteiger partial charge on any atom is 0.305 e. The number of aryl methyl sites for hydroxylation is 1. The Morgan fingerprint density at radius 2 is 2.35 bits per heavy atom. The minimum Gasteiger partial charge on any atom is -0.469 e. The number of carbonyl (C=O) groups excluding carboxylic acids is 1. The number of rotatable bonds is 4. The fraction of sp³-hybridized carbons (Fsp3) is 0.500. The summed E-state index contributed by atoms with van der Waals surface area (Å²) in [6.45, 7) is 4.25. The number of thiazole rings is 1. The number of aromatic nitrogens is 2. The summed E-state index contributed by atoms with van der Waals surface area (Å²) < 4.78 is 6.72. The Hall–Kier alpha value is -1.36. The maximum absolute atomic E-state index is 11.1. The van der Waals surface area contributed by atoms with Gasteiger partial charge in [0.25, 0.3) is 0 Å². The second-order valence-electron chi connectivity index (χ2n) is 4.28. The number of hydrogen-bond acceptors (Lipinski definition) is 4. The van der Waals surface area contributed by atoms with Crippen LogP contribution in [0, 0.1) is 0 Å². The normalized spacial score (nSPS) is 11.3. The van der Waals surface area contributed by atoms with Crippen LogP contribution >= 0.6 is 11.3 Å². The van der Waals surface area contributed by atoms with E-state index < -0.39 is 0 Å². The standard InChI is InChI=1S/C12H16N2O2S/c1-8(2)10-6-14-9(4-5-11(15)16-3)7-17-12(14)13-10/h6-8H,4-5H2,1-3H3. The van der Waals surface area contributed by atoms with Crippen LogP contribution in [0.25, 0.3) is 4.96 Å². The molecule has 0 bridgehead atoms. The van der Waals surface area contributed by atoms with Gasteiger partial charge in [-0.2, -0.15) is 0 Å². The number of carbonyl (C=O) groups is 1. The molecule has 0 saturated heterocycles. The lowest BCUT2D eigenvalue weighted by atomic mass is 10.2. The van der Waals surface area contributed by atoms with Crippen LogP contribution in [-0.4, -0.2) is 22.5 Å². The van der Waals surface area contributed by atoms with E-state index in [2.05, 4.69) is 39.5 Å². The van der Waals surface area contributed by atoms with Gasteiger partial charge in [0.2, 0.25) is 0 Å². The van der Waals surface area contributed by atoms with E-state index in [0.29, 0.717) is 18.8 Å². The first-order chi connectivity index (χ1) is 8.11. The van der Waals surface area contributed by atoms with E-state index in [1.54, 1.807) is 11.3 Å². The molecule has 0 fully saturated rings. The minimum atomic E-state index is -0.173. The summed E-state index contributed by atoms with van der Waals surface area (Å²) in [5.41, 5.74) is 2.21. The molecule has 5 heteroatoms. The zero-order valence-electron chi connectivity index (χ0n) is 10.3. The Morgan fingerprint density at radius 1 is 1.59 bits per heavy atom. The molecule has 2 heterocycles. The molecular formula is C12H16N2O2S. The lowest BCUT2D eigenvalue weighted by molar-refractivity contribution is -0.140. The van der Waals surface area contributed by atoms with E-state index in [4.69, 9.17) is 0 Å². The van der Waals surface area contributed by atoms with Crippen LogP contribution < -0.4 is 0 Å². The molecule has 0 aromatic carbocycles. The highest BCUT2D eigenvalue weighted by Crippen LogP contribution is 2.21. The zero-order chi connectivity index (χ0) is 12.4. The van der Waals surface area contributed by atoms with E-state index >= 15 is 0 Å². The number of fused-ring (bicyclic) bond motifs is 1. The van der Waals surface area contributed by atoms with Gasteiger partial charge in [-0.1, -0.05) is 13.8 Å². The molecule has 0 atom stereocenters. The first kappa shape index (κ1) is 12.1. The van der Waals surface area contributed by atoms with Crippen molar-refractivity contribution in [3.8, 4) is 0 Å². The Balaban J connectivity index is 2.20. The first-order valence-electron chi connectivity index (χ1n) is 5.64. The van der Waals surface area contributed by atoms with Gasteiger partial charge in [0, 0.05) is 17.3 Å². The number of methoxy groups -OCH3 is 1. The molecule has 0 aliphatic carbocycles. The second-order valence-corrected chi connectivity index (χ2v) is 5.11. The zero-order valence-corrected chi connectivity index (χ0v) is 11.1. The van der Waals surface area contributed by atoms with Gasteiger partial charge in [0.15, 0.2) is 4.96 Å². The quantitative estimate of drug-likeness (QED) is 0.786. The summed E-state index contributed by atoms with van der Waals surface area (Å²) in [4.78, 5) is 16.7. The fourth-order valence-corrected chi connectivity index (χ4v) is 2.55. The molecule has 0 unspecified atom stereocenters. The highest BCUT2D eigenvalue weighted by Gasteiger charge is 2.11. The highest BCUT2D eigenvalue weighted by atomic mass is 32.1. The van der Waals surface area contributed by atoms with Crippen molar-refractivity contribution in [2.75, 3.05) is 7.11 Å². The predicted molar refractivity (Wildman–Crippen MR) is 67.5 cm³/mol. The number of esters is 1. The number of imidazole rings is 1. The third kappa shape index (κ3) is 2.49. The molecule has 0 saturated carbocycles. The molecule has 0 N–H and O–H groups in total. The average Bonchev–Trinajstić information content (AvgIpc) is 2.85. The van der Waals surface area contributed by atoms with E-state index in [9.17, 15) is 4.79 Å². The van der Waals surface area contributed by atoms with E-state index in [1.807, 2.05) is 0 Å². The molecule has 2 aromatic rings. The van der Waals surface area contributed by atoms with Gasteiger partial charge in [-0.3, -0.25) is 9.20 Å². The highest BCUT2D eigenvalue weighted by molar-refractivity contribution is 7.15. The van der Waals surface area contributed by atoms with Crippen LogP contribution in [0.3, 0.4) is 0 Å². The molecule has 0 aliphatic rings. The molecule has 0 aliphatic heterocycles. The molecule has 0 radical (unpaired) electrons. The Morgan fingerprint density at radius 3 is 3.00 bits per heavy atom. The minimum absolute atomic E-state index is 0.173. The Kier molecular flexibility index (Phi) is 3.47. The summed E-state index contributed by atoms with van der Waals surface area (Å²) in [6, 6.07) is 0. The number of hydrogen-bond donors (Lipinski definition) is 0. The van der Waals surface area contributed by atoms with Crippen LogP contribution in [0.2, 0.25) is 0 Å². The largest absolute Gasteiger partial charge is 0.469 e. The van der Waals surface area contributed by atoms with Crippen molar-refractivity contribution in [3.63, 3.8) is 0 Å². The summed E-state index contributed by atoms with van der Waals surface area (Å²) in [5.74, 6) is 0.254. The summed E-state index contributed by atoms with van der Waals surface area (Å²) in [6.07, 6.45) is 3.17. The van der Waals surface area contributed by atoms with Gasteiger partial charge in [-0.25, -0.2) is 4.98 Å². The number of nitrogens with zero attached hydrogens (tertiary/aromatic N) is 2. The summed E-state index contributed by atoms with van der Waals surface area (Å²) in [7, 11) is 1.42. The lowest BCUT2D eigenvalue weighted by Crippen LogP contribution is -2.03. The smallest absolute Gasteiger partial charge is 0.305 e. The molecular weight excluding hydrogens is 236 g/mol. The van der Waals surface area contributed by atoms with Crippen LogP contribution in [0.5, 0.6) is 0 Å². The Bertz CT molecular complexity index is 528. The molecule has 0 spiro atoms. The summed E-state index contributed by atoms with van der Waals surface area (Å²) in [5, 5.41) is 2.05. The van der Waals surface area contributed by atoms with E-state index in [0.717, 1.165) is 16.3 Å². The van der Waals surface area contributed by atoms with Gasteiger partial charge in [0.1, 0.15) is 0 Å².